The zero-order valence-electron chi connectivity index (χ0n) is 18.4. The van der Waals surface area contributed by atoms with E-state index in [4.69, 9.17) is 9.47 Å². The van der Waals surface area contributed by atoms with Crippen molar-refractivity contribution in [2.24, 2.45) is 0 Å². The molecule has 0 unspecified atom stereocenters. The molecule has 6 nitrogen and oxygen atoms in total. The van der Waals surface area contributed by atoms with Gasteiger partial charge in [-0.2, -0.15) is 4.31 Å². The number of carbonyl (C=O) groups excluding carboxylic acids is 1. The first-order valence-electron chi connectivity index (χ1n) is 10.4. The van der Waals surface area contributed by atoms with Crippen LogP contribution in [0.25, 0.3) is 0 Å². The van der Waals surface area contributed by atoms with Gasteiger partial charge in [-0.05, 0) is 56.5 Å². The molecule has 0 aromatic heterocycles. The van der Waals surface area contributed by atoms with E-state index in [-0.39, 0.29) is 11.5 Å². The first-order valence-corrected chi connectivity index (χ1v) is 11.9. The molecule has 0 bridgehead atoms. The monoisotopic (exact) mass is 443 g/mol. The van der Waals surface area contributed by atoms with Gasteiger partial charge in [-0.25, -0.2) is 13.2 Å². The van der Waals surface area contributed by atoms with Gasteiger partial charge in [0, 0.05) is 0 Å². The molecule has 2 atom stereocenters. The van der Waals surface area contributed by atoms with Gasteiger partial charge in [0.2, 0.25) is 10.0 Å². The smallest absolute Gasteiger partial charge is 0.335 e. The molecule has 0 aliphatic carbocycles. The molecule has 2 aromatic rings. The van der Waals surface area contributed by atoms with Gasteiger partial charge in [0.15, 0.2) is 0 Å². The van der Waals surface area contributed by atoms with Gasteiger partial charge in [-0.15, -0.1) is 0 Å². The van der Waals surface area contributed by atoms with E-state index in [9.17, 15) is 13.2 Å². The highest BCUT2D eigenvalue weighted by Gasteiger charge is 2.43. The Labute approximate surface area is 184 Å². The molecule has 0 radical (unpaired) electrons. The summed E-state index contributed by atoms with van der Waals surface area (Å²) >= 11 is 0. The van der Waals surface area contributed by atoms with Gasteiger partial charge in [0.1, 0.15) is 5.75 Å². The third-order valence-electron chi connectivity index (χ3n) is 5.53. The van der Waals surface area contributed by atoms with Crippen molar-refractivity contribution in [3.63, 3.8) is 0 Å². The van der Waals surface area contributed by atoms with Gasteiger partial charge >= 0.3 is 5.97 Å². The zero-order chi connectivity index (χ0) is 22.6. The standard InChI is InChI=1S/C24H29NO5S/c1-5-22-21(24(26)30-6-2)15-16-23(18-9-11-19(29-4)12-10-18)25(22)31(27,28)20-13-7-17(3)8-14-20/h7-15,22-23H,5-6,16H2,1-4H3/t22-,23-/m0/s1. The van der Waals surface area contributed by atoms with Crippen LogP contribution in [0.4, 0.5) is 0 Å². The minimum Gasteiger partial charge on any atom is -0.497 e. The molecule has 0 amide bonds. The highest BCUT2D eigenvalue weighted by molar-refractivity contribution is 7.89. The summed E-state index contributed by atoms with van der Waals surface area (Å²) in [5.74, 6) is 0.230. The maximum Gasteiger partial charge on any atom is 0.335 e. The van der Waals surface area contributed by atoms with E-state index in [1.807, 2.05) is 44.2 Å². The SMILES string of the molecule is CCOC(=O)C1=CC[C@@H](c2ccc(OC)cc2)N(S(=O)(=O)c2ccc(C)cc2)[C@H]1CC. The lowest BCUT2D eigenvalue weighted by Gasteiger charge is -2.40. The normalized spacial score (nSPS) is 19.5. The van der Waals surface area contributed by atoms with Crippen LogP contribution in [0.2, 0.25) is 0 Å². The van der Waals surface area contributed by atoms with Crippen molar-refractivity contribution in [1.29, 1.82) is 0 Å². The van der Waals surface area contributed by atoms with Gasteiger partial charge < -0.3 is 9.47 Å². The number of esters is 1. The van der Waals surface area contributed by atoms with Crippen LogP contribution >= 0.6 is 0 Å². The summed E-state index contributed by atoms with van der Waals surface area (Å²) in [5.41, 5.74) is 2.21. The minimum atomic E-state index is -3.88. The highest BCUT2D eigenvalue weighted by Crippen LogP contribution is 2.40. The van der Waals surface area contributed by atoms with Crippen molar-refractivity contribution >= 4 is 16.0 Å². The van der Waals surface area contributed by atoms with E-state index in [1.54, 1.807) is 38.3 Å². The molecular formula is C24H29NO5S. The topological polar surface area (TPSA) is 72.9 Å². The Morgan fingerprint density at radius 1 is 1.06 bits per heavy atom. The molecule has 1 aliphatic rings. The first-order chi connectivity index (χ1) is 14.8. The van der Waals surface area contributed by atoms with E-state index in [0.717, 1.165) is 11.1 Å². The predicted octanol–water partition coefficient (Wildman–Crippen LogP) is 4.41. The molecule has 0 saturated heterocycles. The van der Waals surface area contributed by atoms with Crippen LogP contribution in [-0.2, 0) is 19.6 Å². The second kappa shape index (κ2) is 9.66. The fourth-order valence-electron chi connectivity index (χ4n) is 3.94. The van der Waals surface area contributed by atoms with Crippen molar-refractivity contribution in [2.75, 3.05) is 13.7 Å². The fraction of sp³-hybridized carbons (Fsp3) is 0.375. The molecule has 166 valence electrons. The van der Waals surface area contributed by atoms with Crippen LogP contribution in [0.3, 0.4) is 0 Å². The Hall–Kier alpha value is -2.64. The quantitative estimate of drug-likeness (QED) is 0.593. The summed E-state index contributed by atoms with van der Waals surface area (Å²) in [6.45, 7) is 5.77. The van der Waals surface area contributed by atoms with E-state index in [0.29, 0.717) is 24.2 Å². The maximum atomic E-state index is 13.8. The predicted molar refractivity (Wildman–Crippen MR) is 119 cm³/mol. The molecule has 0 fully saturated rings. The van der Waals surface area contributed by atoms with E-state index >= 15 is 0 Å². The molecular weight excluding hydrogens is 414 g/mol. The van der Waals surface area contributed by atoms with Crippen molar-refractivity contribution in [3.8, 4) is 5.75 Å². The van der Waals surface area contributed by atoms with Crippen LogP contribution in [-0.4, -0.2) is 38.5 Å². The third-order valence-corrected chi connectivity index (χ3v) is 7.46. The number of benzene rings is 2. The van der Waals surface area contributed by atoms with Crippen molar-refractivity contribution < 1.29 is 22.7 Å². The number of rotatable bonds is 7. The summed E-state index contributed by atoms with van der Waals surface area (Å²) in [4.78, 5) is 12.8. The lowest BCUT2D eigenvalue weighted by molar-refractivity contribution is -0.139. The average Bonchev–Trinajstić information content (AvgIpc) is 2.78. The molecule has 0 saturated carbocycles. The zero-order valence-corrected chi connectivity index (χ0v) is 19.2. The van der Waals surface area contributed by atoms with E-state index in [2.05, 4.69) is 0 Å². The number of hydrogen-bond donors (Lipinski definition) is 0. The molecule has 31 heavy (non-hydrogen) atoms. The third kappa shape index (κ3) is 4.67. The number of nitrogens with zero attached hydrogens (tertiary/aromatic N) is 1. The number of sulfonamides is 1. The maximum absolute atomic E-state index is 13.8. The summed E-state index contributed by atoms with van der Waals surface area (Å²) in [7, 11) is -2.29. The van der Waals surface area contributed by atoms with Crippen LogP contribution in [0.5, 0.6) is 5.75 Å². The summed E-state index contributed by atoms with van der Waals surface area (Å²) in [6.07, 6.45) is 2.65. The molecule has 1 aliphatic heterocycles. The number of methoxy groups -OCH3 is 1. The molecule has 0 spiro atoms. The second-order valence-corrected chi connectivity index (χ2v) is 9.32. The van der Waals surface area contributed by atoms with E-state index in [1.165, 1.54) is 4.31 Å². The Kier molecular flexibility index (Phi) is 7.18. The van der Waals surface area contributed by atoms with Crippen LogP contribution < -0.4 is 4.74 Å². The van der Waals surface area contributed by atoms with Crippen molar-refractivity contribution in [1.82, 2.24) is 4.31 Å². The second-order valence-electron chi connectivity index (χ2n) is 7.48. The summed E-state index contributed by atoms with van der Waals surface area (Å²) in [5, 5.41) is 0. The molecule has 1 heterocycles. The highest BCUT2D eigenvalue weighted by atomic mass is 32.2. The molecule has 7 heteroatoms. The minimum absolute atomic E-state index is 0.208. The van der Waals surface area contributed by atoms with Gasteiger partial charge in [-0.1, -0.05) is 42.8 Å². The van der Waals surface area contributed by atoms with Crippen LogP contribution in [0.15, 0.2) is 65.1 Å². The molecule has 2 aromatic carbocycles. The molecule has 3 rings (SSSR count). The first kappa shape index (κ1) is 23.0. The summed E-state index contributed by atoms with van der Waals surface area (Å²) in [6, 6.07) is 13.1. The Morgan fingerprint density at radius 3 is 2.26 bits per heavy atom. The Bertz CT molecular complexity index is 1040. The number of aryl methyl sites for hydroxylation is 1. The fourth-order valence-corrected chi connectivity index (χ4v) is 5.81. The lowest BCUT2D eigenvalue weighted by Crippen LogP contribution is -2.47. The average molecular weight is 444 g/mol. The number of ether oxygens (including phenoxy) is 2. The van der Waals surface area contributed by atoms with Crippen LogP contribution in [0, 0.1) is 6.92 Å². The largest absolute Gasteiger partial charge is 0.497 e. The van der Waals surface area contributed by atoms with E-state index < -0.39 is 28.1 Å². The van der Waals surface area contributed by atoms with Gasteiger partial charge in [0.25, 0.3) is 0 Å². The Balaban J connectivity index is 2.13. The number of hydrogen-bond acceptors (Lipinski definition) is 5. The van der Waals surface area contributed by atoms with Crippen molar-refractivity contribution in [3.05, 3.63) is 71.3 Å². The van der Waals surface area contributed by atoms with Crippen molar-refractivity contribution in [2.45, 2.75) is 50.6 Å². The summed E-state index contributed by atoms with van der Waals surface area (Å²) < 4.78 is 39.6. The number of carbonyl (C=O) groups is 1. The van der Waals surface area contributed by atoms with Gasteiger partial charge in [0.05, 0.1) is 36.3 Å². The van der Waals surface area contributed by atoms with Gasteiger partial charge in [-0.3, -0.25) is 0 Å². The molecule has 0 N–H and O–H groups in total. The Morgan fingerprint density at radius 2 is 1.71 bits per heavy atom. The van der Waals surface area contributed by atoms with Crippen LogP contribution in [0.1, 0.15) is 43.9 Å². The lowest BCUT2D eigenvalue weighted by atomic mass is 9.92.